The second-order valence-corrected chi connectivity index (χ2v) is 4.10. The second kappa shape index (κ2) is 2.93. The predicted molar refractivity (Wildman–Crippen MR) is 59.3 cm³/mol. The first-order valence-corrected chi connectivity index (χ1v) is 5.09. The number of carbonyl (C=O) groups excluding carboxylic acids is 1. The van der Waals surface area contributed by atoms with E-state index < -0.39 is 0 Å². The van der Waals surface area contributed by atoms with Gasteiger partial charge in [-0.2, -0.15) is 5.10 Å². The molecule has 2 heterocycles. The Balaban J connectivity index is 2.54. The number of fused-ring (bicyclic) bond motifs is 2. The van der Waals surface area contributed by atoms with Crippen LogP contribution in [0.3, 0.4) is 0 Å². The van der Waals surface area contributed by atoms with Crippen LogP contribution in [0.4, 0.5) is 0 Å². The average molecular weight is 262 g/mol. The zero-order chi connectivity index (χ0) is 10.4. The minimum atomic E-state index is -0.322. The standard InChI is InChI=1S/C10H4BrN3O/c11-5-1-2-8-6(3-5)7-4-12-14-9(7)10(15)13-8/h1-4H. The highest BCUT2D eigenvalue weighted by atomic mass is 79.9. The Bertz CT molecular complexity index is 658. The lowest BCUT2D eigenvalue weighted by Gasteiger charge is -2.03. The monoisotopic (exact) mass is 261 g/mol. The van der Waals surface area contributed by atoms with Gasteiger partial charge >= 0.3 is 0 Å². The minimum Gasteiger partial charge on any atom is -0.265 e. The van der Waals surface area contributed by atoms with Crippen molar-refractivity contribution in [3.05, 3.63) is 33.2 Å². The van der Waals surface area contributed by atoms with Crippen LogP contribution >= 0.6 is 15.9 Å². The average Bonchev–Trinajstić information content (AvgIpc) is 2.69. The zero-order valence-electron chi connectivity index (χ0n) is 7.44. The van der Waals surface area contributed by atoms with Crippen LogP contribution in [-0.2, 0) is 4.79 Å². The van der Waals surface area contributed by atoms with E-state index in [1.54, 1.807) is 12.3 Å². The third-order valence-corrected chi connectivity index (χ3v) is 2.77. The summed E-state index contributed by atoms with van der Waals surface area (Å²) in [4.78, 5) is 15.5. The lowest BCUT2D eigenvalue weighted by molar-refractivity contribution is -0.112. The molecule has 0 fully saturated rings. The molecule has 0 aromatic heterocycles. The largest absolute Gasteiger partial charge is 0.298 e. The molecule has 0 atom stereocenters. The number of amides is 1. The SMILES string of the molecule is O=C1N=c2ccc(Br)cc2=C2C=NN=C12. The Labute approximate surface area is 92.9 Å². The first kappa shape index (κ1) is 8.67. The van der Waals surface area contributed by atoms with Gasteiger partial charge < -0.3 is 0 Å². The molecule has 2 aliphatic rings. The molecule has 0 aliphatic carbocycles. The molecule has 0 bridgehead atoms. The van der Waals surface area contributed by atoms with Gasteiger partial charge in [-0.05, 0) is 18.2 Å². The highest BCUT2D eigenvalue weighted by molar-refractivity contribution is 9.10. The van der Waals surface area contributed by atoms with E-state index in [0.29, 0.717) is 11.1 Å². The summed E-state index contributed by atoms with van der Waals surface area (Å²) >= 11 is 3.38. The molecule has 15 heavy (non-hydrogen) atoms. The van der Waals surface area contributed by atoms with Gasteiger partial charge in [-0.15, -0.1) is 5.10 Å². The first-order chi connectivity index (χ1) is 7.25. The van der Waals surface area contributed by atoms with Crippen LogP contribution in [0.5, 0.6) is 0 Å². The highest BCUT2D eigenvalue weighted by Crippen LogP contribution is 2.09. The summed E-state index contributed by atoms with van der Waals surface area (Å²) in [5.41, 5.74) is 1.09. The molecular weight excluding hydrogens is 258 g/mol. The molecule has 0 N–H and O–H groups in total. The van der Waals surface area contributed by atoms with Crippen molar-refractivity contribution in [2.45, 2.75) is 0 Å². The summed E-state index contributed by atoms with van der Waals surface area (Å²) in [6, 6.07) is 5.56. The number of halogens is 1. The van der Waals surface area contributed by atoms with E-state index in [-0.39, 0.29) is 5.91 Å². The number of nitrogens with zero attached hydrogens (tertiary/aromatic N) is 3. The summed E-state index contributed by atoms with van der Waals surface area (Å²) in [6.45, 7) is 0. The number of hydrogen-bond donors (Lipinski definition) is 0. The molecule has 5 heteroatoms. The van der Waals surface area contributed by atoms with Crippen molar-refractivity contribution in [3.8, 4) is 0 Å². The minimum absolute atomic E-state index is 0.322. The predicted octanol–water partition coefficient (Wildman–Crippen LogP) is 0.200. The van der Waals surface area contributed by atoms with Crippen LogP contribution in [0, 0.1) is 0 Å². The van der Waals surface area contributed by atoms with Crippen molar-refractivity contribution in [2.75, 3.05) is 0 Å². The van der Waals surface area contributed by atoms with Gasteiger partial charge in [0, 0.05) is 15.3 Å². The third-order valence-electron chi connectivity index (χ3n) is 2.27. The topological polar surface area (TPSA) is 54.1 Å². The van der Waals surface area contributed by atoms with Gasteiger partial charge in [-0.25, -0.2) is 4.99 Å². The van der Waals surface area contributed by atoms with E-state index in [2.05, 4.69) is 31.1 Å². The van der Waals surface area contributed by atoms with Crippen molar-refractivity contribution in [1.82, 2.24) is 0 Å². The Morgan fingerprint density at radius 2 is 2.13 bits per heavy atom. The molecule has 1 aromatic carbocycles. The van der Waals surface area contributed by atoms with Gasteiger partial charge in [0.2, 0.25) is 0 Å². The van der Waals surface area contributed by atoms with Crippen molar-refractivity contribution in [1.29, 1.82) is 0 Å². The lowest BCUT2D eigenvalue weighted by Crippen LogP contribution is -2.37. The molecule has 1 amide bonds. The van der Waals surface area contributed by atoms with E-state index in [9.17, 15) is 4.79 Å². The van der Waals surface area contributed by atoms with Gasteiger partial charge in [-0.3, -0.25) is 4.79 Å². The molecule has 0 unspecified atom stereocenters. The fourth-order valence-electron chi connectivity index (χ4n) is 1.60. The van der Waals surface area contributed by atoms with Crippen LogP contribution in [-0.4, -0.2) is 17.8 Å². The first-order valence-electron chi connectivity index (χ1n) is 4.30. The molecule has 3 rings (SSSR count). The van der Waals surface area contributed by atoms with Crippen LogP contribution in [0.1, 0.15) is 0 Å². The molecule has 72 valence electrons. The fraction of sp³-hybridized carbons (Fsp3) is 0. The lowest BCUT2D eigenvalue weighted by atomic mass is 10.1. The Hall–Kier alpha value is -1.62. The van der Waals surface area contributed by atoms with Crippen LogP contribution < -0.4 is 10.6 Å². The van der Waals surface area contributed by atoms with Crippen LogP contribution in [0.15, 0.2) is 37.9 Å². The molecule has 0 saturated heterocycles. The van der Waals surface area contributed by atoms with Crippen molar-refractivity contribution < 1.29 is 4.79 Å². The maximum atomic E-state index is 11.5. The normalized spacial score (nSPS) is 17.0. The molecular formula is C10H4BrN3O. The van der Waals surface area contributed by atoms with Gasteiger partial charge in [-0.1, -0.05) is 15.9 Å². The van der Waals surface area contributed by atoms with Gasteiger partial charge in [0.05, 0.1) is 11.6 Å². The zero-order valence-corrected chi connectivity index (χ0v) is 9.02. The Morgan fingerprint density at radius 1 is 1.27 bits per heavy atom. The summed E-state index contributed by atoms with van der Waals surface area (Å²) in [5, 5.41) is 9.06. The van der Waals surface area contributed by atoms with E-state index in [0.717, 1.165) is 15.3 Å². The molecule has 2 aliphatic heterocycles. The molecule has 0 spiro atoms. The van der Waals surface area contributed by atoms with E-state index in [1.165, 1.54) is 0 Å². The van der Waals surface area contributed by atoms with Crippen LogP contribution in [0.2, 0.25) is 0 Å². The van der Waals surface area contributed by atoms with Crippen molar-refractivity contribution in [2.24, 2.45) is 15.2 Å². The van der Waals surface area contributed by atoms with Crippen molar-refractivity contribution >= 4 is 39.3 Å². The fourth-order valence-corrected chi connectivity index (χ4v) is 1.96. The number of carbonyl (C=O) groups is 1. The number of hydrogen-bond acceptors (Lipinski definition) is 3. The summed E-state index contributed by atoms with van der Waals surface area (Å²) in [5.74, 6) is -0.322. The smallest absolute Gasteiger partial charge is 0.265 e. The van der Waals surface area contributed by atoms with Gasteiger partial charge in [0.1, 0.15) is 0 Å². The Morgan fingerprint density at radius 3 is 3.00 bits per heavy atom. The summed E-state index contributed by atoms with van der Waals surface area (Å²) in [7, 11) is 0. The number of rotatable bonds is 0. The summed E-state index contributed by atoms with van der Waals surface area (Å²) < 4.78 is 0.943. The molecule has 0 radical (unpaired) electrons. The van der Waals surface area contributed by atoms with Crippen LogP contribution in [0.25, 0.3) is 5.57 Å². The second-order valence-electron chi connectivity index (χ2n) is 3.19. The summed E-state index contributed by atoms with van der Waals surface area (Å²) in [6.07, 6.45) is 1.59. The molecule has 0 saturated carbocycles. The molecule has 1 aromatic rings. The molecule has 4 nitrogen and oxygen atoms in total. The van der Waals surface area contributed by atoms with Crippen molar-refractivity contribution in [3.63, 3.8) is 0 Å². The van der Waals surface area contributed by atoms with Gasteiger partial charge in [0.15, 0.2) is 5.71 Å². The van der Waals surface area contributed by atoms with E-state index in [4.69, 9.17) is 0 Å². The maximum Gasteiger partial charge on any atom is 0.298 e. The van der Waals surface area contributed by atoms with Gasteiger partial charge in [0.25, 0.3) is 5.91 Å². The Kier molecular flexibility index (Phi) is 1.70. The maximum absolute atomic E-state index is 11.5. The number of benzene rings is 1. The highest BCUT2D eigenvalue weighted by Gasteiger charge is 2.22. The third kappa shape index (κ3) is 1.20. The van der Waals surface area contributed by atoms with E-state index in [1.807, 2.05) is 12.1 Å². The van der Waals surface area contributed by atoms with E-state index >= 15 is 0 Å². The quantitative estimate of drug-likeness (QED) is 0.659.